The Morgan fingerprint density at radius 2 is 2.00 bits per heavy atom. The number of hydrogen-bond acceptors (Lipinski definition) is 3. The molecule has 15 heavy (non-hydrogen) atoms. The van der Waals surface area contributed by atoms with Crippen molar-refractivity contribution < 1.29 is 15.0 Å². The van der Waals surface area contributed by atoms with Gasteiger partial charge in [-0.3, -0.25) is 0 Å². The topological polar surface area (TPSA) is 57.5 Å². The lowest BCUT2D eigenvalue weighted by Crippen LogP contribution is -1.90. The van der Waals surface area contributed by atoms with Crippen LogP contribution in [-0.2, 0) is 0 Å². The maximum atomic E-state index is 8.56. The number of rotatable bonds is 4. The van der Waals surface area contributed by atoms with E-state index in [-0.39, 0.29) is 0 Å². The molecule has 0 saturated carbocycles. The third kappa shape index (κ3) is 8.69. The summed E-state index contributed by atoms with van der Waals surface area (Å²) in [5.74, 6) is 0. The van der Waals surface area contributed by atoms with Crippen molar-refractivity contribution in [2.24, 2.45) is 0 Å². The van der Waals surface area contributed by atoms with Crippen LogP contribution in [0, 0.1) is 0 Å². The molecule has 0 fully saturated rings. The van der Waals surface area contributed by atoms with E-state index in [0.717, 1.165) is 5.25 Å². The standard InChI is InChI=1S/C9H16S2.CH2O3/c1-3-5-8-7-9(6-4-2)11-10-8;2-1(3)4/h7-8H,3-6H2,1-2H3;(H2,2,3,4). The van der Waals surface area contributed by atoms with E-state index in [1.807, 2.05) is 21.6 Å². The quantitative estimate of drug-likeness (QED) is 0.721. The molecule has 3 nitrogen and oxygen atoms in total. The molecule has 1 atom stereocenters. The number of carbonyl (C=O) groups is 1. The summed E-state index contributed by atoms with van der Waals surface area (Å²) in [6.45, 7) is 4.51. The molecule has 0 aromatic rings. The normalized spacial score (nSPS) is 19.1. The zero-order valence-corrected chi connectivity index (χ0v) is 10.7. The summed E-state index contributed by atoms with van der Waals surface area (Å²) in [6.07, 6.45) is 5.87. The molecule has 0 radical (unpaired) electrons. The Hall–Kier alpha value is -0.290. The molecule has 0 spiro atoms. The molecule has 1 aliphatic heterocycles. The average molecular weight is 250 g/mol. The summed E-state index contributed by atoms with van der Waals surface area (Å²) in [5, 5.41) is 14.8. The first-order chi connectivity index (χ1) is 7.10. The third-order valence-electron chi connectivity index (χ3n) is 1.72. The number of hydrogen-bond donors (Lipinski definition) is 2. The van der Waals surface area contributed by atoms with Gasteiger partial charge in [0, 0.05) is 5.25 Å². The molecule has 0 aromatic carbocycles. The highest BCUT2D eigenvalue weighted by molar-refractivity contribution is 8.78. The summed E-state index contributed by atoms with van der Waals surface area (Å²) >= 11 is 0. The second-order valence-corrected chi connectivity index (χ2v) is 5.74. The average Bonchev–Trinajstić information content (AvgIpc) is 2.53. The highest BCUT2D eigenvalue weighted by Crippen LogP contribution is 2.45. The van der Waals surface area contributed by atoms with Crippen LogP contribution in [0.25, 0.3) is 0 Å². The van der Waals surface area contributed by atoms with Gasteiger partial charge in [-0.25, -0.2) is 4.79 Å². The second kappa shape index (κ2) is 8.97. The van der Waals surface area contributed by atoms with E-state index in [9.17, 15) is 0 Å². The fourth-order valence-electron chi connectivity index (χ4n) is 1.17. The minimum atomic E-state index is -1.83. The maximum absolute atomic E-state index is 8.56. The smallest absolute Gasteiger partial charge is 0.450 e. The van der Waals surface area contributed by atoms with Crippen LogP contribution in [-0.4, -0.2) is 21.6 Å². The summed E-state index contributed by atoms with van der Waals surface area (Å²) in [7, 11) is 4.03. The van der Waals surface area contributed by atoms with E-state index in [4.69, 9.17) is 15.0 Å². The van der Waals surface area contributed by atoms with Gasteiger partial charge in [0.25, 0.3) is 0 Å². The number of allylic oxidation sites excluding steroid dienone is 1. The van der Waals surface area contributed by atoms with Crippen LogP contribution in [0.1, 0.15) is 39.5 Å². The van der Waals surface area contributed by atoms with E-state index in [2.05, 4.69) is 19.9 Å². The largest absolute Gasteiger partial charge is 0.503 e. The lowest BCUT2D eigenvalue weighted by atomic mass is 10.2. The van der Waals surface area contributed by atoms with Crippen LogP contribution in [0.2, 0.25) is 0 Å². The summed E-state index contributed by atoms with van der Waals surface area (Å²) in [4.78, 5) is 10.2. The monoisotopic (exact) mass is 250 g/mol. The van der Waals surface area contributed by atoms with Crippen molar-refractivity contribution in [3.8, 4) is 0 Å². The second-order valence-electron chi connectivity index (χ2n) is 3.17. The SMILES string of the molecule is CCCC1=CC(CCC)SS1.O=C(O)O. The summed E-state index contributed by atoms with van der Waals surface area (Å²) < 4.78 is 0. The van der Waals surface area contributed by atoms with Gasteiger partial charge in [-0.1, -0.05) is 54.4 Å². The Labute approximate surface area is 98.7 Å². The first-order valence-corrected chi connectivity index (χ1v) is 7.27. The van der Waals surface area contributed by atoms with E-state index in [1.165, 1.54) is 25.7 Å². The first-order valence-electron chi connectivity index (χ1n) is 5.06. The van der Waals surface area contributed by atoms with E-state index >= 15 is 0 Å². The predicted molar refractivity (Wildman–Crippen MR) is 67.5 cm³/mol. The third-order valence-corrected chi connectivity index (χ3v) is 4.66. The summed E-state index contributed by atoms with van der Waals surface area (Å²) in [5.41, 5.74) is 0. The van der Waals surface area contributed by atoms with Crippen LogP contribution in [0.5, 0.6) is 0 Å². The van der Waals surface area contributed by atoms with Gasteiger partial charge in [0.2, 0.25) is 0 Å². The van der Waals surface area contributed by atoms with E-state index < -0.39 is 6.16 Å². The fraction of sp³-hybridized carbons (Fsp3) is 0.700. The van der Waals surface area contributed by atoms with Crippen molar-refractivity contribution in [1.29, 1.82) is 0 Å². The van der Waals surface area contributed by atoms with Gasteiger partial charge in [-0.15, -0.1) is 0 Å². The first kappa shape index (κ1) is 14.7. The Morgan fingerprint density at radius 1 is 1.40 bits per heavy atom. The molecule has 2 N–H and O–H groups in total. The molecule has 0 bridgehead atoms. The van der Waals surface area contributed by atoms with Crippen molar-refractivity contribution in [2.75, 3.05) is 0 Å². The Morgan fingerprint density at radius 3 is 2.47 bits per heavy atom. The molecule has 1 rings (SSSR count). The minimum absolute atomic E-state index is 0.812. The molecule has 0 amide bonds. The molecule has 0 aromatic heterocycles. The highest BCUT2D eigenvalue weighted by atomic mass is 33.1. The van der Waals surface area contributed by atoms with Crippen LogP contribution < -0.4 is 0 Å². The Balaban J connectivity index is 0.000000423. The van der Waals surface area contributed by atoms with Gasteiger partial charge >= 0.3 is 6.16 Å². The van der Waals surface area contributed by atoms with Crippen LogP contribution in [0.3, 0.4) is 0 Å². The summed E-state index contributed by atoms with van der Waals surface area (Å²) in [6, 6.07) is 0. The lowest BCUT2D eigenvalue weighted by Gasteiger charge is -1.99. The molecule has 88 valence electrons. The lowest BCUT2D eigenvalue weighted by molar-refractivity contribution is 0.137. The Bertz CT molecular complexity index is 213. The molecule has 0 saturated heterocycles. The molecule has 1 aliphatic rings. The van der Waals surface area contributed by atoms with Gasteiger partial charge in [0.1, 0.15) is 0 Å². The fourth-order valence-corrected chi connectivity index (χ4v) is 4.18. The molecule has 5 heteroatoms. The predicted octanol–water partition coefficient (Wildman–Crippen LogP) is 4.46. The minimum Gasteiger partial charge on any atom is -0.450 e. The van der Waals surface area contributed by atoms with Crippen molar-refractivity contribution in [3.63, 3.8) is 0 Å². The van der Waals surface area contributed by atoms with Gasteiger partial charge in [-0.2, -0.15) is 0 Å². The zero-order chi connectivity index (χ0) is 11.7. The van der Waals surface area contributed by atoms with Crippen molar-refractivity contribution in [1.82, 2.24) is 0 Å². The zero-order valence-electron chi connectivity index (χ0n) is 9.10. The van der Waals surface area contributed by atoms with Crippen LogP contribution in [0.15, 0.2) is 11.0 Å². The molecule has 1 unspecified atom stereocenters. The van der Waals surface area contributed by atoms with E-state index in [0.29, 0.717) is 0 Å². The van der Waals surface area contributed by atoms with Gasteiger partial charge in [0.05, 0.1) is 0 Å². The van der Waals surface area contributed by atoms with Crippen LogP contribution in [0.4, 0.5) is 4.79 Å². The van der Waals surface area contributed by atoms with Crippen molar-refractivity contribution in [3.05, 3.63) is 11.0 Å². The Kier molecular flexibility index (Phi) is 8.80. The van der Waals surface area contributed by atoms with Gasteiger partial charge in [0.15, 0.2) is 0 Å². The van der Waals surface area contributed by atoms with Gasteiger partial charge < -0.3 is 10.2 Å². The maximum Gasteiger partial charge on any atom is 0.503 e. The highest BCUT2D eigenvalue weighted by Gasteiger charge is 2.15. The van der Waals surface area contributed by atoms with Crippen LogP contribution >= 0.6 is 21.6 Å². The van der Waals surface area contributed by atoms with E-state index in [1.54, 1.807) is 4.91 Å². The van der Waals surface area contributed by atoms with Gasteiger partial charge in [-0.05, 0) is 17.7 Å². The molecular formula is C10H18O3S2. The molecular weight excluding hydrogens is 232 g/mol. The van der Waals surface area contributed by atoms with Crippen molar-refractivity contribution in [2.45, 2.75) is 44.8 Å². The number of carboxylic acid groups (broad SMARTS) is 2. The molecule has 0 aliphatic carbocycles. The van der Waals surface area contributed by atoms with Crippen molar-refractivity contribution >= 4 is 27.7 Å². The molecule has 1 heterocycles.